The van der Waals surface area contributed by atoms with Gasteiger partial charge in [-0.05, 0) is 6.42 Å². The van der Waals surface area contributed by atoms with Crippen molar-refractivity contribution in [1.82, 2.24) is 0 Å². The molecule has 1 aliphatic rings. The minimum atomic E-state index is -1.15. The first-order chi connectivity index (χ1) is 4.65. The summed E-state index contributed by atoms with van der Waals surface area (Å²) in [7, 11) is 0. The Hall–Kier alpha value is -0.640. The predicted octanol–water partition coefficient (Wildman–Crippen LogP) is 1.87. The molecule has 0 unspecified atom stereocenters. The molecule has 0 aromatic carbocycles. The van der Waals surface area contributed by atoms with Crippen molar-refractivity contribution in [3.05, 3.63) is 34.4 Å². The van der Waals surface area contributed by atoms with E-state index in [9.17, 15) is 10.1 Å². The molecule has 0 N–H and O–H groups in total. The third-order valence-corrected chi connectivity index (χ3v) is 2.07. The number of nitro groups is 1. The molecule has 0 saturated carbocycles. The lowest BCUT2D eigenvalue weighted by molar-refractivity contribution is -0.508. The molecule has 0 radical (unpaired) electrons. The van der Waals surface area contributed by atoms with E-state index in [1.807, 2.05) is 0 Å². The zero-order valence-electron chi connectivity index (χ0n) is 5.16. The van der Waals surface area contributed by atoms with Gasteiger partial charge in [0.1, 0.15) is 0 Å². The van der Waals surface area contributed by atoms with Crippen LogP contribution in [0.3, 0.4) is 0 Å². The van der Waals surface area contributed by atoms with Crippen LogP contribution in [0.15, 0.2) is 24.3 Å². The second-order valence-electron chi connectivity index (χ2n) is 2.03. The van der Waals surface area contributed by atoms with E-state index >= 15 is 0 Å². The Balaban J connectivity index is 2.85. The number of allylic oxidation sites excluding steroid dienone is 2. The Kier molecular flexibility index (Phi) is 1.89. The number of hydrogen-bond acceptors (Lipinski definition) is 2. The molecule has 3 nitrogen and oxygen atoms in total. The summed E-state index contributed by atoms with van der Waals surface area (Å²) in [6.07, 6.45) is 7.37. The minimum Gasteiger partial charge on any atom is -0.262 e. The summed E-state index contributed by atoms with van der Waals surface area (Å²) in [4.78, 5) is 9.96. The summed E-state index contributed by atoms with van der Waals surface area (Å²) < 4.78 is -1.15. The summed E-state index contributed by atoms with van der Waals surface area (Å²) >= 11 is 2.99. The fourth-order valence-corrected chi connectivity index (χ4v) is 1.10. The first-order valence-electron chi connectivity index (χ1n) is 2.84. The van der Waals surface area contributed by atoms with Crippen LogP contribution in [0.5, 0.6) is 0 Å². The number of alkyl halides is 1. The van der Waals surface area contributed by atoms with Gasteiger partial charge in [-0.2, -0.15) is 0 Å². The van der Waals surface area contributed by atoms with Gasteiger partial charge in [0.2, 0.25) is 0 Å². The molecule has 1 aliphatic carbocycles. The molecular weight excluding hydrogens is 198 g/mol. The first kappa shape index (κ1) is 7.47. The van der Waals surface area contributed by atoms with Gasteiger partial charge in [0, 0.05) is 33.0 Å². The van der Waals surface area contributed by atoms with E-state index in [1.165, 1.54) is 12.2 Å². The fourth-order valence-electron chi connectivity index (χ4n) is 0.723. The molecule has 0 amide bonds. The fraction of sp³-hybridized carbons (Fsp3) is 0.333. The third kappa shape index (κ3) is 1.26. The summed E-state index contributed by atoms with van der Waals surface area (Å²) in [6, 6.07) is 0. The van der Waals surface area contributed by atoms with Gasteiger partial charge < -0.3 is 0 Å². The number of nitrogens with zero attached hydrogens (tertiary/aromatic N) is 1. The summed E-state index contributed by atoms with van der Waals surface area (Å²) in [5.41, 5.74) is 0. The van der Waals surface area contributed by atoms with Crippen molar-refractivity contribution in [3.63, 3.8) is 0 Å². The van der Waals surface area contributed by atoms with E-state index in [0.717, 1.165) is 6.42 Å². The predicted molar refractivity (Wildman–Crippen MR) is 41.5 cm³/mol. The van der Waals surface area contributed by atoms with E-state index in [0.29, 0.717) is 0 Å². The maximum atomic E-state index is 10.3. The molecule has 0 aliphatic heterocycles. The molecule has 0 bridgehead atoms. The van der Waals surface area contributed by atoms with Crippen LogP contribution in [-0.2, 0) is 0 Å². The molecule has 0 saturated heterocycles. The van der Waals surface area contributed by atoms with E-state index in [-0.39, 0.29) is 4.92 Å². The van der Waals surface area contributed by atoms with Crippen molar-refractivity contribution >= 4 is 15.9 Å². The van der Waals surface area contributed by atoms with Crippen molar-refractivity contribution in [2.75, 3.05) is 0 Å². The third-order valence-electron chi connectivity index (χ3n) is 1.26. The second-order valence-corrected chi connectivity index (χ2v) is 3.30. The van der Waals surface area contributed by atoms with Gasteiger partial charge in [-0.15, -0.1) is 0 Å². The molecule has 0 heterocycles. The highest BCUT2D eigenvalue weighted by Crippen LogP contribution is 2.25. The first-order valence-corrected chi connectivity index (χ1v) is 3.63. The van der Waals surface area contributed by atoms with Crippen LogP contribution in [0, 0.1) is 10.1 Å². The quantitative estimate of drug-likeness (QED) is 0.215. The Morgan fingerprint density at radius 1 is 1.50 bits per heavy atom. The molecule has 0 atom stereocenters. The van der Waals surface area contributed by atoms with Crippen molar-refractivity contribution in [1.29, 1.82) is 0 Å². The van der Waals surface area contributed by atoms with Gasteiger partial charge in [-0.1, -0.05) is 12.2 Å². The van der Waals surface area contributed by atoms with Gasteiger partial charge in [0.15, 0.2) is 0 Å². The molecular formula is C6H6BrNO2. The Morgan fingerprint density at radius 2 is 2.00 bits per heavy atom. The molecule has 4 heteroatoms. The topological polar surface area (TPSA) is 43.1 Å². The van der Waals surface area contributed by atoms with Crippen LogP contribution in [-0.4, -0.2) is 9.37 Å². The molecule has 0 spiro atoms. The number of hydrogen-bond donors (Lipinski definition) is 0. The minimum absolute atomic E-state index is 0.376. The van der Waals surface area contributed by atoms with Gasteiger partial charge in [-0.3, -0.25) is 10.1 Å². The number of rotatable bonds is 1. The van der Waals surface area contributed by atoms with Crippen LogP contribution in [0.1, 0.15) is 6.42 Å². The molecule has 0 aromatic rings. The molecule has 10 heavy (non-hydrogen) atoms. The summed E-state index contributed by atoms with van der Waals surface area (Å²) in [6.45, 7) is 0. The molecule has 0 aromatic heterocycles. The van der Waals surface area contributed by atoms with Crippen molar-refractivity contribution in [2.24, 2.45) is 0 Å². The lowest BCUT2D eigenvalue weighted by Crippen LogP contribution is -2.26. The Bertz CT molecular complexity index is 198. The summed E-state index contributed by atoms with van der Waals surface area (Å²) in [5, 5.41) is 10.3. The lowest BCUT2D eigenvalue weighted by atomic mass is 10.1. The monoisotopic (exact) mass is 203 g/mol. The molecule has 1 rings (SSSR count). The average Bonchev–Trinajstić information content (AvgIpc) is 1.89. The van der Waals surface area contributed by atoms with Crippen LogP contribution in [0.25, 0.3) is 0 Å². The van der Waals surface area contributed by atoms with Crippen molar-refractivity contribution in [3.8, 4) is 0 Å². The zero-order chi connectivity index (χ0) is 7.61. The molecule has 0 fully saturated rings. The molecule has 54 valence electrons. The highest BCUT2D eigenvalue weighted by atomic mass is 79.9. The smallest absolute Gasteiger partial charge is 0.262 e. The van der Waals surface area contributed by atoms with Gasteiger partial charge in [-0.25, -0.2) is 0 Å². The van der Waals surface area contributed by atoms with Gasteiger partial charge >= 0.3 is 4.45 Å². The van der Waals surface area contributed by atoms with E-state index in [1.54, 1.807) is 12.2 Å². The van der Waals surface area contributed by atoms with E-state index < -0.39 is 4.45 Å². The van der Waals surface area contributed by atoms with E-state index in [4.69, 9.17) is 0 Å². The zero-order valence-corrected chi connectivity index (χ0v) is 6.74. The largest absolute Gasteiger partial charge is 0.311 e. The second kappa shape index (κ2) is 2.54. The summed E-state index contributed by atoms with van der Waals surface area (Å²) in [5.74, 6) is 0. The lowest BCUT2D eigenvalue weighted by Gasteiger charge is -2.11. The standard InChI is InChI=1S/C6H6BrNO2/c7-6(8(9)10)4-2-1-3-5-6/h2-5H,1H2. The van der Waals surface area contributed by atoms with Gasteiger partial charge in [0.05, 0.1) is 0 Å². The van der Waals surface area contributed by atoms with Crippen molar-refractivity contribution < 1.29 is 4.92 Å². The van der Waals surface area contributed by atoms with Gasteiger partial charge in [0.25, 0.3) is 0 Å². The highest BCUT2D eigenvalue weighted by molar-refractivity contribution is 9.10. The van der Waals surface area contributed by atoms with Crippen molar-refractivity contribution in [2.45, 2.75) is 10.9 Å². The Labute approximate surface area is 66.7 Å². The highest BCUT2D eigenvalue weighted by Gasteiger charge is 2.33. The maximum Gasteiger partial charge on any atom is 0.311 e. The van der Waals surface area contributed by atoms with Crippen LogP contribution in [0.4, 0.5) is 0 Å². The van der Waals surface area contributed by atoms with Crippen LogP contribution < -0.4 is 0 Å². The van der Waals surface area contributed by atoms with Crippen LogP contribution in [0.2, 0.25) is 0 Å². The number of halogens is 1. The normalized spacial score (nSPS) is 20.9. The SMILES string of the molecule is O=[N+]([O-])C1(Br)C=CCC=C1. The Morgan fingerprint density at radius 3 is 2.30 bits per heavy atom. The van der Waals surface area contributed by atoms with E-state index in [2.05, 4.69) is 15.9 Å². The maximum absolute atomic E-state index is 10.3. The van der Waals surface area contributed by atoms with Crippen LogP contribution >= 0.6 is 15.9 Å². The average molecular weight is 204 g/mol.